The molecule has 2 amide bonds. The van der Waals surface area contributed by atoms with Crippen molar-refractivity contribution < 1.29 is 19.1 Å². The lowest BCUT2D eigenvalue weighted by molar-refractivity contribution is -0.117. The molecule has 1 aliphatic heterocycles. The zero-order valence-electron chi connectivity index (χ0n) is 18.9. The van der Waals surface area contributed by atoms with Crippen molar-refractivity contribution in [1.29, 1.82) is 0 Å². The SMILES string of the molecule is CC(C)c1ccc(/C=N\NC(=O)/C(=C\c2ccc3c(c2)OCO3)NC(=O)c2ccccc2)cc1. The van der Waals surface area contributed by atoms with Gasteiger partial charge in [0.05, 0.1) is 6.21 Å². The highest BCUT2D eigenvalue weighted by atomic mass is 16.7. The van der Waals surface area contributed by atoms with Crippen LogP contribution < -0.4 is 20.2 Å². The number of nitrogens with zero attached hydrogens (tertiary/aromatic N) is 1. The quantitative estimate of drug-likeness (QED) is 0.313. The number of carbonyl (C=O) groups is 2. The van der Waals surface area contributed by atoms with Gasteiger partial charge in [-0.2, -0.15) is 5.10 Å². The van der Waals surface area contributed by atoms with Crippen molar-refractivity contribution in [1.82, 2.24) is 10.7 Å². The van der Waals surface area contributed by atoms with E-state index in [1.807, 2.05) is 30.3 Å². The standard InChI is InChI=1S/C27H25N3O4/c1-18(2)21-11-8-19(9-12-21)16-28-30-27(32)23(29-26(31)22-6-4-3-5-7-22)14-20-10-13-24-25(15-20)34-17-33-24/h3-16,18H,17H2,1-2H3,(H,29,31)(H,30,32)/b23-14+,28-16-. The average Bonchev–Trinajstić information content (AvgIpc) is 3.32. The zero-order valence-corrected chi connectivity index (χ0v) is 18.9. The van der Waals surface area contributed by atoms with E-state index in [9.17, 15) is 9.59 Å². The maximum Gasteiger partial charge on any atom is 0.287 e. The summed E-state index contributed by atoms with van der Waals surface area (Å²) < 4.78 is 10.7. The van der Waals surface area contributed by atoms with E-state index in [1.54, 1.807) is 54.8 Å². The first-order valence-corrected chi connectivity index (χ1v) is 10.9. The van der Waals surface area contributed by atoms with Gasteiger partial charge in [0.1, 0.15) is 5.70 Å². The van der Waals surface area contributed by atoms with Crippen molar-refractivity contribution in [2.75, 3.05) is 6.79 Å². The summed E-state index contributed by atoms with van der Waals surface area (Å²) in [6.45, 7) is 4.40. The molecular weight excluding hydrogens is 430 g/mol. The second-order valence-electron chi connectivity index (χ2n) is 8.01. The summed E-state index contributed by atoms with van der Waals surface area (Å²) in [4.78, 5) is 25.6. The normalized spacial score (nSPS) is 12.7. The third-order valence-electron chi connectivity index (χ3n) is 5.22. The van der Waals surface area contributed by atoms with E-state index in [-0.39, 0.29) is 12.5 Å². The van der Waals surface area contributed by atoms with Gasteiger partial charge >= 0.3 is 0 Å². The molecule has 0 spiro atoms. The third-order valence-corrected chi connectivity index (χ3v) is 5.22. The molecular formula is C27H25N3O4. The highest BCUT2D eigenvalue weighted by Crippen LogP contribution is 2.33. The van der Waals surface area contributed by atoms with Gasteiger partial charge in [-0.1, -0.05) is 62.4 Å². The van der Waals surface area contributed by atoms with Crippen molar-refractivity contribution in [3.05, 3.63) is 101 Å². The Hall–Kier alpha value is -4.39. The van der Waals surface area contributed by atoms with Crippen molar-refractivity contribution in [3.63, 3.8) is 0 Å². The molecule has 2 N–H and O–H groups in total. The minimum Gasteiger partial charge on any atom is -0.454 e. The summed E-state index contributed by atoms with van der Waals surface area (Å²) in [6.07, 6.45) is 3.12. The highest BCUT2D eigenvalue weighted by molar-refractivity contribution is 6.05. The topological polar surface area (TPSA) is 89.0 Å². The third kappa shape index (κ3) is 5.69. The largest absolute Gasteiger partial charge is 0.454 e. The molecule has 3 aromatic carbocycles. The fourth-order valence-electron chi connectivity index (χ4n) is 3.30. The van der Waals surface area contributed by atoms with Crippen molar-refractivity contribution in [2.24, 2.45) is 5.10 Å². The van der Waals surface area contributed by atoms with Crippen LogP contribution in [0.25, 0.3) is 6.08 Å². The Kier molecular flexibility index (Phi) is 7.03. The Labute approximate surface area is 198 Å². The molecule has 0 saturated carbocycles. The van der Waals surface area contributed by atoms with E-state index in [2.05, 4.69) is 29.7 Å². The number of ether oxygens (including phenoxy) is 2. The molecule has 1 heterocycles. The lowest BCUT2D eigenvalue weighted by Gasteiger charge is -2.09. The maximum atomic E-state index is 12.9. The van der Waals surface area contributed by atoms with Crippen LogP contribution >= 0.6 is 0 Å². The van der Waals surface area contributed by atoms with E-state index in [0.29, 0.717) is 28.5 Å². The maximum absolute atomic E-state index is 12.9. The number of hydrogen-bond donors (Lipinski definition) is 2. The molecule has 34 heavy (non-hydrogen) atoms. The smallest absolute Gasteiger partial charge is 0.287 e. The fraction of sp³-hybridized carbons (Fsp3) is 0.148. The summed E-state index contributed by atoms with van der Waals surface area (Å²) >= 11 is 0. The number of fused-ring (bicyclic) bond motifs is 1. The molecule has 0 fully saturated rings. The van der Waals surface area contributed by atoms with Gasteiger partial charge in [-0.15, -0.1) is 0 Å². The van der Waals surface area contributed by atoms with E-state index in [4.69, 9.17) is 9.47 Å². The monoisotopic (exact) mass is 455 g/mol. The van der Waals surface area contributed by atoms with Crippen molar-refractivity contribution in [3.8, 4) is 11.5 Å². The predicted octanol–water partition coefficient (Wildman–Crippen LogP) is 4.46. The summed E-state index contributed by atoms with van der Waals surface area (Å²) in [6, 6.07) is 21.9. The lowest BCUT2D eigenvalue weighted by Crippen LogP contribution is -2.32. The molecule has 1 aliphatic rings. The number of nitrogens with one attached hydrogen (secondary N) is 2. The Morgan fingerprint density at radius 2 is 1.62 bits per heavy atom. The number of carbonyl (C=O) groups excluding carboxylic acids is 2. The zero-order chi connectivity index (χ0) is 23.9. The minimum atomic E-state index is -0.558. The molecule has 0 bridgehead atoms. The van der Waals surface area contributed by atoms with Crippen molar-refractivity contribution >= 4 is 24.1 Å². The first kappa shape index (κ1) is 22.8. The van der Waals surface area contributed by atoms with Gasteiger partial charge in [0.2, 0.25) is 6.79 Å². The summed E-state index contributed by atoms with van der Waals surface area (Å²) in [5.41, 5.74) is 5.69. The Morgan fingerprint density at radius 1 is 0.912 bits per heavy atom. The first-order chi connectivity index (χ1) is 16.5. The number of hydrogen-bond acceptors (Lipinski definition) is 5. The molecule has 0 radical (unpaired) electrons. The molecule has 0 aromatic heterocycles. The van der Waals surface area contributed by atoms with Gasteiger partial charge in [-0.3, -0.25) is 9.59 Å². The van der Waals surface area contributed by atoms with Crippen LogP contribution in [0.2, 0.25) is 0 Å². The van der Waals surface area contributed by atoms with Crippen LogP contribution in [0.1, 0.15) is 46.8 Å². The van der Waals surface area contributed by atoms with Crippen molar-refractivity contribution in [2.45, 2.75) is 19.8 Å². The Bertz CT molecular complexity index is 1230. The summed E-state index contributed by atoms with van der Waals surface area (Å²) in [7, 11) is 0. The minimum absolute atomic E-state index is 0.0417. The number of rotatable bonds is 7. The lowest BCUT2D eigenvalue weighted by atomic mass is 10.0. The van der Waals surface area contributed by atoms with Gasteiger partial charge in [0, 0.05) is 5.56 Å². The average molecular weight is 456 g/mol. The Morgan fingerprint density at radius 3 is 2.35 bits per heavy atom. The second kappa shape index (κ2) is 10.5. The van der Waals surface area contributed by atoms with Crippen LogP contribution in [0, 0.1) is 0 Å². The number of amides is 2. The van der Waals surface area contributed by atoms with Gasteiger partial charge in [0.15, 0.2) is 11.5 Å². The van der Waals surface area contributed by atoms with E-state index in [0.717, 1.165) is 5.56 Å². The van der Waals surface area contributed by atoms with E-state index >= 15 is 0 Å². The van der Waals surface area contributed by atoms with E-state index < -0.39 is 11.8 Å². The molecule has 3 aromatic rings. The number of benzene rings is 3. The van der Waals surface area contributed by atoms with Crippen LogP contribution in [0.3, 0.4) is 0 Å². The van der Waals surface area contributed by atoms with Crippen LogP contribution in [0.5, 0.6) is 11.5 Å². The summed E-state index contributed by atoms with van der Waals surface area (Å²) in [5.74, 6) is 0.672. The van der Waals surface area contributed by atoms with E-state index in [1.165, 1.54) is 5.56 Å². The van der Waals surface area contributed by atoms with Crippen LogP contribution in [0.4, 0.5) is 0 Å². The van der Waals surface area contributed by atoms with Crippen LogP contribution in [0.15, 0.2) is 83.6 Å². The van der Waals surface area contributed by atoms with Crippen LogP contribution in [-0.4, -0.2) is 24.8 Å². The second-order valence-corrected chi connectivity index (χ2v) is 8.01. The molecule has 0 saturated heterocycles. The molecule has 0 aliphatic carbocycles. The molecule has 4 rings (SSSR count). The molecule has 172 valence electrons. The molecule has 7 heteroatoms. The van der Waals surface area contributed by atoms with Gasteiger partial charge in [0.25, 0.3) is 11.8 Å². The van der Waals surface area contributed by atoms with Gasteiger partial charge < -0.3 is 14.8 Å². The molecule has 7 nitrogen and oxygen atoms in total. The van der Waals surface area contributed by atoms with Gasteiger partial charge in [-0.05, 0) is 52.9 Å². The van der Waals surface area contributed by atoms with Crippen LogP contribution in [-0.2, 0) is 4.79 Å². The summed E-state index contributed by atoms with van der Waals surface area (Å²) in [5, 5.41) is 6.74. The predicted molar refractivity (Wildman–Crippen MR) is 131 cm³/mol. The number of hydrazone groups is 1. The highest BCUT2D eigenvalue weighted by Gasteiger charge is 2.16. The first-order valence-electron chi connectivity index (χ1n) is 10.9. The fourth-order valence-corrected chi connectivity index (χ4v) is 3.30. The van der Waals surface area contributed by atoms with Gasteiger partial charge in [-0.25, -0.2) is 5.43 Å². The molecule has 0 unspecified atom stereocenters. The molecule has 0 atom stereocenters. The Balaban J connectivity index is 1.52.